The number of hydrogen-bond donors (Lipinski definition) is 0. The lowest BCUT2D eigenvalue weighted by Gasteiger charge is -2.18. The highest BCUT2D eigenvalue weighted by atomic mass is 19.2. The van der Waals surface area contributed by atoms with Crippen molar-refractivity contribution < 1.29 is 22.0 Å². The van der Waals surface area contributed by atoms with Gasteiger partial charge in [0.05, 0.1) is 0 Å². The summed E-state index contributed by atoms with van der Waals surface area (Å²) < 4.78 is 70.0. The van der Waals surface area contributed by atoms with Crippen molar-refractivity contribution in [2.45, 2.75) is 0 Å². The van der Waals surface area contributed by atoms with Crippen LogP contribution in [-0.2, 0) is 0 Å². The van der Waals surface area contributed by atoms with Crippen molar-refractivity contribution in [1.82, 2.24) is 0 Å². The number of benzene rings is 5. The van der Waals surface area contributed by atoms with Crippen molar-refractivity contribution in [3.8, 4) is 22.3 Å². The van der Waals surface area contributed by atoms with Gasteiger partial charge in [-0.1, -0.05) is 48.5 Å². The van der Waals surface area contributed by atoms with Crippen LogP contribution in [-0.4, -0.2) is 0 Å². The average Bonchev–Trinajstić information content (AvgIpc) is 2.76. The number of fused-ring (bicyclic) bond motifs is 2. The van der Waals surface area contributed by atoms with Crippen molar-refractivity contribution >= 4 is 21.5 Å². The quantitative estimate of drug-likeness (QED) is 0.154. The van der Waals surface area contributed by atoms with Crippen LogP contribution in [0.5, 0.6) is 0 Å². The minimum atomic E-state index is -1.54. The maximum Gasteiger partial charge on any atom is 0.194 e. The molecule has 0 spiro atoms. The molecule has 0 bridgehead atoms. The third-order valence-corrected chi connectivity index (χ3v) is 5.40. The van der Waals surface area contributed by atoms with Crippen LogP contribution >= 0.6 is 0 Å². The van der Waals surface area contributed by atoms with Gasteiger partial charge in [-0.2, -0.15) is 0 Å². The summed E-state index contributed by atoms with van der Waals surface area (Å²) in [6.45, 7) is 0. The summed E-state index contributed by atoms with van der Waals surface area (Å²) in [5, 5.41) is 2.44. The Morgan fingerprint density at radius 3 is 1.42 bits per heavy atom. The zero-order valence-corrected chi connectivity index (χ0v) is 15.9. The minimum Gasteiger partial charge on any atom is -0.207 e. The predicted octanol–water partition coefficient (Wildman–Crippen LogP) is 8.02. The molecule has 0 radical (unpaired) electrons. The second kappa shape index (κ2) is 7.20. The van der Waals surface area contributed by atoms with Gasteiger partial charge in [0.2, 0.25) is 0 Å². The number of rotatable bonds is 2. The largest absolute Gasteiger partial charge is 0.207 e. The Bertz CT molecular complexity index is 1410. The van der Waals surface area contributed by atoms with Crippen molar-refractivity contribution in [3.05, 3.63) is 108 Å². The lowest BCUT2D eigenvalue weighted by atomic mass is 9.86. The van der Waals surface area contributed by atoms with Gasteiger partial charge in [-0.05, 0) is 56.9 Å². The van der Waals surface area contributed by atoms with Crippen LogP contribution < -0.4 is 0 Å². The van der Waals surface area contributed by atoms with Crippen LogP contribution in [0.3, 0.4) is 0 Å². The zero-order chi connectivity index (χ0) is 21.7. The fourth-order valence-corrected chi connectivity index (χ4v) is 4.12. The van der Waals surface area contributed by atoms with E-state index in [2.05, 4.69) is 0 Å². The highest BCUT2D eigenvalue weighted by molar-refractivity contribution is 6.21. The van der Waals surface area contributed by atoms with E-state index in [1.807, 2.05) is 0 Å². The summed E-state index contributed by atoms with van der Waals surface area (Å²) in [6, 6.07) is 19.3. The molecule has 152 valence electrons. The molecular weight excluding hydrogens is 407 g/mol. The first-order valence-corrected chi connectivity index (χ1v) is 9.49. The Hall–Kier alpha value is -3.73. The molecule has 31 heavy (non-hydrogen) atoms. The molecule has 0 N–H and O–H groups in total. The van der Waals surface area contributed by atoms with Crippen LogP contribution in [0.1, 0.15) is 0 Å². The SMILES string of the molecule is Fc1ccc(-c2c3ccccc3c(-c3cc(F)c(F)c(F)c3)c3ccccc23)c(F)c1. The van der Waals surface area contributed by atoms with Gasteiger partial charge in [0.25, 0.3) is 0 Å². The van der Waals surface area contributed by atoms with Crippen LogP contribution in [0.4, 0.5) is 22.0 Å². The Labute approximate surface area is 174 Å². The van der Waals surface area contributed by atoms with Gasteiger partial charge in [0.15, 0.2) is 17.5 Å². The van der Waals surface area contributed by atoms with E-state index in [4.69, 9.17) is 0 Å². The molecule has 0 saturated carbocycles. The summed E-state index contributed by atoms with van der Waals surface area (Å²) in [6.07, 6.45) is 0. The molecule has 5 heteroatoms. The highest BCUT2D eigenvalue weighted by Crippen LogP contribution is 2.44. The lowest BCUT2D eigenvalue weighted by Crippen LogP contribution is -1.96. The van der Waals surface area contributed by atoms with Gasteiger partial charge in [-0.3, -0.25) is 0 Å². The number of halogens is 5. The van der Waals surface area contributed by atoms with Gasteiger partial charge >= 0.3 is 0 Å². The number of hydrogen-bond acceptors (Lipinski definition) is 0. The van der Waals surface area contributed by atoms with Crippen LogP contribution in [0.15, 0.2) is 78.9 Å². The van der Waals surface area contributed by atoms with E-state index in [1.165, 1.54) is 12.1 Å². The molecule has 0 atom stereocenters. The maximum atomic E-state index is 14.8. The highest BCUT2D eigenvalue weighted by Gasteiger charge is 2.20. The maximum absolute atomic E-state index is 14.8. The van der Waals surface area contributed by atoms with Crippen LogP contribution in [0.25, 0.3) is 43.8 Å². The molecule has 0 aliphatic heterocycles. The summed E-state index contributed by atoms with van der Waals surface area (Å²) >= 11 is 0. The molecule has 0 amide bonds. The van der Waals surface area contributed by atoms with E-state index >= 15 is 0 Å². The molecule has 0 unspecified atom stereocenters. The summed E-state index contributed by atoms with van der Waals surface area (Å²) in [7, 11) is 0. The van der Waals surface area contributed by atoms with Crippen molar-refractivity contribution in [2.24, 2.45) is 0 Å². The first-order chi connectivity index (χ1) is 15.0. The molecule has 0 aromatic heterocycles. The van der Waals surface area contributed by atoms with Gasteiger partial charge in [0.1, 0.15) is 11.6 Å². The third kappa shape index (κ3) is 3.05. The molecule has 5 aromatic rings. The Balaban J connectivity index is 1.98. The van der Waals surface area contributed by atoms with Gasteiger partial charge in [0, 0.05) is 17.2 Å². The van der Waals surface area contributed by atoms with Crippen LogP contribution in [0, 0.1) is 29.1 Å². The molecule has 0 aliphatic carbocycles. The minimum absolute atomic E-state index is 0.162. The van der Waals surface area contributed by atoms with Gasteiger partial charge < -0.3 is 0 Å². The molecule has 5 rings (SSSR count). The fraction of sp³-hybridized carbons (Fsp3) is 0. The molecule has 0 fully saturated rings. The average molecular weight is 420 g/mol. The summed E-state index contributed by atoms with van der Waals surface area (Å²) in [5.41, 5.74) is 1.40. The first-order valence-electron chi connectivity index (χ1n) is 9.49. The zero-order valence-electron chi connectivity index (χ0n) is 15.9. The Morgan fingerprint density at radius 1 is 0.452 bits per heavy atom. The van der Waals surface area contributed by atoms with E-state index in [0.717, 1.165) is 18.2 Å². The third-order valence-electron chi connectivity index (χ3n) is 5.40. The fourth-order valence-electron chi connectivity index (χ4n) is 4.12. The molecule has 0 nitrogen and oxygen atoms in total. The second-order valence-electron chi connectivity index (χ2n) is 7.22. The van der Waals surface area contributed by atoms with Gasteiger partial charge in [-0.25, -0.2) is 22.0 Å². The van der Waals surface area contributed by atoms with Gasteiger partial charge in [-0.15, -0.1) is 0 Å². The van der Waals surface area contributed by atoms with Crippen molar-refractivity contribution in [3.63, 3.8) is 0 Å². The molecule has 0 heterocycles. The predicted molar refractivity (Wildman–Crippen MR) is 112 cm³/mol. The van der Waals surface area contributed by atoms with E-state index in [1.54, 1.807) is 48.5 Å². The molecular formula is C26H13F5. The summed E-state index contributed by atoms with van der Waals surface area (Å²) in [5.74, 6) is -5.54. The smallest absolute Gasteiger partial charge is 0.194 e. The lowest BCUT2D eigenvalue weighted by molar-refractivity contribution is 0.448. The topological polar surface area (TPSA) is 0 Å². The standard InChI is InChI=1S/C26H13F5/c27-15-9-10-20(21(28)13-15)25-18-7-3-1-5-16(18)24(17-6-2-4-8-19(17)25)14-11-22(29)26(31)23(30)12-14/h1-13H. The van der Waals surface area contributed by atoms with Crippen molar-refractivity contribution in [1.29, 1.82) is 0 Å². The van der Waals surface area contributed by atoms with E-state index in [-0.39, 0.29) is 11.1 Å². The molecule has 0 aliphatic rings. The first kappa shape index (κ1) is 19.2. The van der Waals surface area contributed by atoms with E-state index in [0.29, 0.717) is 32.7 Å². The van der Waals surface area contributed by atoms with Crippen molar-refractivity contribution in [2.75, 3.05) is 0 Å². The van der Waals surface area contributed by atoms with E-state index < -0.39 is 29.1 Å². The van der Waals surface area contributed by atoms with Crippen LogP contribution in [0.2, 0.25) is 0 Å². The Kier molecular flexibility index (Phi) is 4.47. The Morgan fingerprint density at radius 2 is 0.935 bits per heavy atom. The van der Waals surface area contributed by atoms with E-state index in [9.17, 15) is 22.0 Å². The monoisotopic (exact) mass is 420 g/mol. The summed E-state index contributed by atoms with van der Waals surface area (Å²) in [4.78, 5) is 0. The normalized spacial score (nSPS) is 11.4. The second-order valence-corrected chi connectivity index (χ2v) is 7.22. The molecule has 5 aromatic carbocycles. The molecule has 0 saturated heterocycles.